The van der Waals surface area contributed by atoms with Gasteiger partial charge < -0.3 is 19.7 Å². The molecule has 0 unspecified atom stereocenters. The molecule has 0 aromatic heterocycles. The Balaban J connectivity index is 2.25. The van der Waals surface area contributed by atoms with Gasteiger partial charge in [0.2, 0.25) is 0 Å². The lowest BCUT2D eigenvalue weighted by Crippen LogP contribution is -2.12. The standard InChI is InChI=1S/C26H30O6/c1-17(2)25(29)31-23-11-8-20(9-12-23)21-10-13-24(32-26(30)18(3)4)22(14-21)7-5-6-19(15-27)16-28/h8-14,19,27-28H,1,3,5-7,15-16H2,2,4H3. The fourth-order valence-electron chi connectivity index (χ4n) is 2.97. The number of ether oxygens (including phenoxy) is 2. The SMILES string of the molecule is C=C(C)C(=O)Oc1ccc(-c2ccc(OC(=O)C(=C)C)c(CCCC(CO)CO)c2)cc1. The number of carbonyl (C=O) groups is 2. The zero-order valence-corrected chi connectivity index (χ0v) is 18.6. The first-order valence-electron chi connectivity index (χ1n) is 10.5. The Bertz CT molecular complexity index is 970. The quantitative estimate of drug-likeness (QED) is 0.310. The number of benzene rings is 2. The van der Waals surface area contributed by atoms with Crippen LogP contribution in [0.15, 0.2) is 66.8 Å². The third-order valence-corrected chi connectivity index (χ3v) is 4.93. The lowest BCUT2D eigenvalue weighted by Gasteiger charge is -2.14. The van der Waals surface area contributed by atoms with Gasteiger partial charge >= 0.3 is 11.9 Å². The zero-order chi connectivity index (χ0) is 23.7. The molecule has 0 saturated heterocycles. The van der Waals surface area contributed by atoms with Crippen molar-refractivity contribution in [2.75, 3.05) is 13.2 Å². The van der Waals surface area contributed by atoms with Crippen molar-refractivity contribution >= 4 is 11.9 Å². The first-order valence-corrected chi connectivity index (χ1v) is 10.5. The number of esters is 2. The molecular formula is C26H30O6. The van der Waals surface area contributed by atoms with Crippen molar-refractivity contribution in [1.82, 2.24) is 0 Å². The molecule has 6 nitrogen and oxygen atoms in total. The van der Waals surface area contributed by atoms with Gasteiger partial charge in [0.15, 0.2) is 0 Å². The van der Waals surface area contributed by atoms with Crippen molar-refractivity contribution in [2.45, 2.75) is 33.1 Å². The third kappa shape index (κ3) is 7.18. The highest BCUT2D eigenvalue weighted by Gasteiger charge is 2.13. The monoisotopic (exact) mass is 438 g/mol. The summed E-state index contributed by atoms with van der Waals surface area (Å²) in [5, 5.41) is 18.6. The molecule has 170 valence electrons. The Labute approximate surface area is 188 Å². The maximum Gasteiger partial charge on any atom is 0.338 e. The Kier molecular flexibility index (Phi) is 9.38. The van der Waals surface area contributed by atoms with Gasteiger partial charge in [-0.2, -0.15) is 0 Å². The smallest absolute Gasteiger partial charge is 0.338 e. The largest absolute Gasteiger partial charge is 0.423 e. The van der Waals surface area contributed by atoms with E-state index in [4.69, 9.17) is 9.47 Å². The van der Waals surface area contributed by atoms with Crippen LogP contribution in [0.25, 0.3) is 11.1 Å². The highest BCUT2D eigenvalue weighted by molar-refractivity contribution is 5.89. The summed E-state index contributed by atoms with van der Waals surface area (Å²) in [5.41, 5.74) is 3.28. The van der Waals surface area contributed by atoms with Gasteiger partial charge in [-0.3, -0.25) is 0 Å². The second-order valence-corrected chi connectivity index (χ2v) is 7.81. The summed E-state index contributed by atoms with van der Waals surface area (Å²) >= 11 is 0. The lowest BCUT2D eigenvalue weighted by atomic mass is 9.97. The molecular weight excluding hydrogens is 408 g/mol. The predicted molar refractivity (Wildman–Crippen MR) is 123 cm³/mol. The summed E-state index contributed by atoms with van der Waals surface area (Å²) < 4.78 is 10.7. The number of aliphatic hydroxyl groups is 2. The molecule has 0 heterocycles. The molecule has 0 amide bonds. The van der Waals surface area contributed by atoms with Crippen LogP contribution in [0.5, 0.6) is 11.5 Å². The van der Waals surface area contributed by atoms with E-state index in [9.17, 15) is 19.8 Å². The van der Waals surface area contributed by atoms with Gasteiger partial charge in [0.05, 0.1) is 0 Å². The second-order valence-electron chi connectivity index (χ2n) is 7.81. The van der Waals surface area contributed by atoms with Gasteiger partial charge in [0.25, 0.3) is 0 Å². The van der Waals surface area contributed by atoms with Crippen LogP contribution < -0.4 is 9.47 Å². The van der Waals surface area contributed by atoms with E-state index in [0.717, 1.165) is 16.7 Å². The highest BCUT2D eigenvalue weighted by atomic mass is 16.5. The fraction of sp³-hybridized carbons (Fsp3) is 0.308. The molecule has 32 heavy (non-hydrogen) atoms. The van der Waals surface area contributed by atoms with Crippen LogP contribution >= 0.6 is 0 Å². The molecule has 0 bridgehead atoms. The molecule has 0 aliphatic rings. The number of carbonyl (C=O) groups excluding carboxylic acids is 2. The molecule has 0 saturated carbocycles. The molecule has 2 N–H and O–H groups in total. The summed E-state index contributed by atoms with van der Waals surface area (Å²) in [6.07, 6.45) is 1.97. The van der Waals surface area contributed by atoms with Gasteiger partial charge in [-0.25, -0.2) is 9.59 Å². The van der Waals surface area contributed by atoms with Crippen molar-refractivity contribution in [3.8, 4) is 22.6 Å². The third-order valence-electron chi connectivity index (χ3n) is 4.93. The first kappa shape index (κ1) is 25.0. The Morgan fingerprint density at radius 1 is 0.875 bits per heavy atom. The maximum atomic E-state index is 12.0. The van der Waals surface area contributed by atoms with Gasteiger partial charge in [0, 0.05) is 30.3 Å². The molecule has 0 radical (unpaired) electrons. The van der Waals surface area contributed by atoms with Crippen LogP contribution in [0.2, 0.25) is 0 Å². The number of aryl methyl sites for hydroxylation is 1. The van der Waals surface area contributed by atoms with Crippen LogP contribution in [0, 0.1) is 5.92 Å². The summed E-state index contributed by atoms with van der Waals surface area (Å²) in [7, 11) is 0. The van der Waals surface area contributed by atoms with Crippen molar-refractivity contribution in [3.63, 3.8) is 0 Å². The zero-order valence-electron chi connectivity index (χ0n) is 18.6. The minimum absolute atomic E-state index is 0.0731. The number of hydrogen-bond donors (Lipinski definition) is 2. The van der Waals surface area contributed by atoms with E-state index in [-0.39, 0.29) is 19.1 Å². The van der Waals surface area contributed by atoms with Crippen LogP contribution in [-0.4, -0.2) is 35.4 Å². The van der Waals surface area contributed by atoms with E-state index in [2.05, 4.69) is 13.2 Å². The van der Waals surface area contributed by atoms with E-state index >= 15 is 0 Å². The van der Waals surface area contributed by atoms with Crippen molar-refractivity contribution < 1.29 is 29.3 Å². The summed E-state index contributed by atoms with van der Waals surface area (Å²) in [6.45, 7) is 10.2. The van der Waals surface area contributed by atoms with Gasteiger partial charge in [-0.1, -0.05) is 31.4 Å². The summed E-state index contributed by atoms with van der Waals surface area (Å²) in [5.74, 6) is -0.264. The average Bonchev–Trinajstić information content (AvgIpc) is 2.78. The van der Waals surface area contributed by atoms with E-state index in [0.29, 0.717) is 41.9 Å². The lowest BCUT2D eigenvalue weighted by molar-refractivity contribution is -0.131. The van der Waals surface area contributed by atoms with Crippen LogP contribution in [0.1, 0.15) is 32.3 Å². The van der Waals surface area contributed by atoms with Crippen molar-refractivity contribution in [2.24, 2.45) is 5.92 Å². The molecule has 2 aromatic carbocycles. The molecule has 6 heteroatoms. The van der Waals surface area contributed by atoms with E-state index < -0.39 is 11.9 Å². The molecule has 0 atom stereocenters. The average molecular weight is 439 g/mol. The molecule has 2 aromatic rings. The van der Waals surface area contributed by atoms with Crippen molar-refractivity contribution in [3.05, 3.63) is 72.3 Å². The fourth-order valence-corrected chi connectivity index (χ4v) is 2.97. The number of aliphatic hydroxyl groups excluding tert-OH is 2. The molecule has 0 fully saturated rings. The number of hydrogen-bond acceptors (Lipinski definition) is 6. The minimum atomic E-state index is -0.494. The molecule has 0 aliphatic carbocycles. The molecule has 0 aliphatic heterocycles. The topological polar surface area (TPSA) is 93.1 Å². The van der Waals surface area contributed by atoms with E-state index in [1.165, 1.54) is 0 Å². The Hall–Kier alpha value is -3.22. The van der Waals surface area contributed by atoms with Gasteiger partial charge in [-0.15, -0.1) is 0 Å². The molecule has 0 spiro atoms. The van der Waals surface area contributed by atoms with Crippen LogP contribution in [-0.2, 0) is 16.0 Å². The predicted octanol–water partition coefficient (Wildman–Crippen LogP) is 4.24. The Morgan fingerprint density at radius 2 is 1.44 bits per heavy atom. The minimum Gasteiger partial charge on any atom is -0.423 e. The van der Waals surface area contributed by atoms with Crippen LogP contribution in [0.4, 0.5) is 0 Å². The molecule has 2 rings (SSSR count). The Morgan fingerprint density at radius 3 is 2.00 bits per heavy atom. The van der Waals surface area contributed by atoms with E-state index in [1.807, 2.05) is 24.3 Å². The second kappa shape index (κ2) is 12.0. The highest BCUT2D eigenvalue weighted by Crippen LogP contribution is 2.30. The first-order chi connectivity index (χ1) is 15.2. The number of rotatable bonds is 11. The van der Waals surface area contributed by atoms with Gasteiger partial charge in [-0.05, 0) is 74.1 Å². The normalized spacial score (nSPS) is 10.7. The van der Waals surface area contributed by atoms with Crippen molar-refractivity contribution in [1.29, 1.82) is 0 Å². The van der Waals surface area contributed by atoms with E-state index in [1.54, 1.807) is 32.0 Å². The van der Waals surface area contributed by atoms with Gasteiger partial charge in [0.1, 0.15) is 11.5 Å². The van der Waals surface area contributed by atoms with Crippen LogP contribution in [0.3, 0.4) is 0 Å². The maximum absolute atomic E-state index is 12.0. The summed E-state index contributed by atoms with van der Waals surface area (Å²) in [6, 6.07) is 12.6. The summed E-state index contributed by atoms with van der Waals surface area (Å²) in [4.78, 5) is 23.7.